The van der Waals surface area contributed by atoms with Crippen LogP contribution < -0.4 is 11.5 Å². The molecule has 0 bridgehead atoms. The van der Waals surface area contributed by atoms with Crippen molar-refractivity contribution < 1.29 is 9.59 Å². The summed E-state index contributed by atoms with van der Waals surface area (Å²) in [4.78, 5) is 22.3. The Morgan fingerprint density at radius 2 is 1.08 bits per heavy atom. The van der Waals surface area contributed by atoms with E-state index in [0.29, 0.717) is 11.4 Å². The fourth-order valence-electron chi connectivity index (χ4n) is 2.84. The number of benzene rings is 2. The van der Waals surface area contributed by atoms with E-state index < -0.39 is 0 Å². The van der Waals surface area contributed by atoms with Crippen molar-refractivity contribution in [2.75, 3.05) is 11.5 Å². The lowest BCUT2D eigenvalue weighted by atomic mass is 10.2. The van der Waals surface area contributed by atoms with Gasteiger partial charge in [-0.3, -0.25) is 18.7 Å². The summed E-state index contributed by atoms with van der Waals surface area (Å²) < 4.78 is 3.18. The van der Waals surface area contributed by atoms with E-state index in [4.69, 9.17) is 11.5 Å². The molecular weight excluding hydrogens is 328 g/mol. The average Bonchev–Trinajstić information content (AvgIpc) is 3.18. The van der Waals surface area contributed by atoms with Crippen LogP contribution in [0.3, 0.4) is 0 Å². The van der Waals surface area contributed by atoms with Gasteiger partial charge in [0.2, 0.25) is 11.8 Å². The Morgan fingerprint density at radius 3 is 1.42 bits per heavy atom. The molecule has 0 atom stereocenters. The van der Waals surface area contributed by atoms with Crippen molar-refractivity contribution in [2.45, 2.75) is 13.8 Å². The second kappa shape index (κ2) is 6.76. The lowest BCUT2D eigenvalue weighted by Crippen LogP contribution is -2.02. The quantitative estimate of drug-likeness (QED) is 0.473. The molecule has 2 heterocycles. The summed E-state index contributed by atoms with van der Waals surface area (Å²) in [5, 5.41) is 2.06. The van der Waals surface area contributed by atoms with Crippen LogP contribution in [0.25, 0.3) is 21.8 Å². The molecule has 4 rings (SSSR count). The van der Waals surface area contributed by atoms with Crippen molar-refractivity contribution in [1.82, 2.24) is 9.13 Å². The topological polar surface area (TPSA) is 96.0 Å². The molecule has 0 radical (unpaired) electrons. The smallest absolute Gasteiger partial charge is 0.227 e. The maximum atomic E-state index is 11.2. The van der Waals surface area contributed by atoms with Crippen molar-refractivity contribution in [2.24, 2.45) is 0 Å². The number of carbonyl (C=O) groups excluding carboxylic acids is 2. The van der Waals surface area contributed by atoms with Crippen LogP contribution in [0, 0.1) is 0 Å². The summed E-state index contributed by atoms with van der Waals surface area (Å²) in [6, 6.07) is 14.9. The highest BCUT2D eigenvalue weighted by Crippen LogP contribution is 2.19. The molecule has 2 aromatic carbocycles. The highest BCUT2D eigenvalue weighted by atomic mass is 16.2. The number of nitrogens with two attached hydrogens (primary N) is 2. The average molecular weight is 348 g/mol. The summed E-state index contributed by atoms with van der Waals surface area (Å²) >= 11 is 0. The molecule has 0 amide bonds. The van der Waals surface area contributed by atoms with Gasteiger partial charge in [0.05, 0.1) is 11.0 Å². The standard InChI is InChI=1S/2C10H10N2O/c2*1-7(13)12-5-4-8-2-3-9(11)6-10(8)12/h2*2-6H,11H2,1H3. The van der Waals surface area contributed by atoms with Gasteiger partial charge in [0.15, 0.2) is 0 Å². The first-order valence-electron chi connectivity index (χ1n) is 8.12. The molecule has 4 N–H and O–H groups in total. The fourth-order valence-corrected chi connectivity index (χ4v) is 2.84. The first-order valence-corrected chi connectivity index (χ1v) is 8.12. The molecule has 0 unspecified atom stereocenters. The Kier molecular flexibility index (Phi) is 4.49. The molecular formula is C20H20N4O2. The third-order valence-corrected chi connectivity index (χ3v) is 4.11. The van der Waals surface area contributed by atoms with Gasteiger partial charge in [-0.1, -0.05) is 12.1 Å². The minimum atomic E-state index is 0.000556. The van der Waals surface area contributed by atoms with Gasteiger partial charge in [-0.05, 0) is 36.4 Å². The zero-order valence-electron chi connectivity index (χ0n) is 14.6. The van der Waals surface area contributed by atoms with E-state index in [2.05, 4.69) is 0 Å². The molecule has 2 aromatic heterocycles. The van der Waals surface area contributed by atoms with Gasteiger partial charge in [0, 0.05) is 48.4 Å². The molecule has 0 spiro atoms. The second-order valence-electron chi connectivity index (χ2n) is 6.05. The van der Waals surface area contributed by atoms with Crippen LogP contribution in [-0.4, -0.2) is 20.9 Å². The zero-order chi connectivity index (χ0) is 18.8. The number of nitrogen functional groups attached to an aromatic ring is 2. The molecule has 0 aliphatic rings. The van der Waals surface area contributed by atoms with Crippen molar-refractivity contribution >= 4 is 45.0 Å². The Morgan fingerprint density at radius 1 is 0.692 bits per heavy atom. The van der Waals surface area contributed by atoms with Crippen LogP contribution in [0.1, 0.15) is 23.4 Å². The maximum absolute atomic E-state index is 11.2. The Labute approximate surface area is 150 Å². The molecule has 0 aliphatic heterocycles. The maximum Gasteiger partial charge on any atom is 0.227 e. The van der Waals surface area contributed by atoms with E-state index in [1.165, 1.54) is 13.8 Å². The summed E-state index contributed by atoms with van der Waals surface area (Å²) in [5.41, 5.74) is 14.3. The predicted molar refractivity (Wildman–Crippen MR) is 105 cm³/mol. The normalized spacial score (nSPS) is 10.5. The Balaban J connectivity index is 0.000000151. The van der Waals surface area contributed by atoms with Gasteiger partial charge in [-0.25, -0.2) is 0 Å². The van der Waals surface area contributed by atoms with E-state index in [0.717, 1.165) is 21.8 Å². The van der Waals surface area contributed by atoms with Crippen LogP contribution in [0.2, 0.25) is 0 Å². The van der Waals surface area contributed by atoms with E-state index >= 15 is 0 Å². The molecule has 0 fully saturated rings. The highest BCUT2D eigenvalue weighted by Gasteiger charge is 2.04. The first-order chi connectivity index (χ1) is 12.4. The number of hydrogen-bond donors (Lipinski definition) is 2. The largest absolute Gasteiger partial charge is 0.399 e. The molecule has 4 aromatic rings. The lowest BCUT2D eigenvalue weighted by molar-refractivity contribution is 0.0933. The van der Waals surface area contributed by atoms with Crippen molar-refractivity contribution in [1.29, 1.82) is 0 Å². The molecule has 0 saturated carbocycles. The van der Waals surface area contributed by atoms with E-state index in [1.807, 2.05) is 36.4 Å². The highest BCUT2D eigenvalue weighted by molar-refractivity contribution is 5.93. The van der Waals surface area contributed by atoms with Gasteiger partial charge in [0.1, 0.15) is 0 Å². The number of fused-ring (bicyclic) bond motifs is 2. The molecule has 6 heteroatoms. The van der Waals surface area contributed by atoms with Gasteiger partial charge in [-0.15, -0.1) is 0 Å². The van der Waals surface area contributed by atoms with E-state index in [-0.39, 0.29) is 11.8 Å². The summed E-state index contributed by atoms with van der Waals surface area (Å²) in [6.45, 7) is 3.06. The van der Waals surface area contributed by atoms with Crippen LogP contribution in [0.5, 0.6) is 0 Å². The number of aromatic nitrogens is 2. The van der Waals surface area contributed by atoms with Gasteiger partial charge in [0.25, 0.3) is 0 Å². The minimum absolute atomic E-state index is 0.000556. The molecule has 0 aliphatic carbocycles. The van der Waals surface area contributed by atoms with E-state index in [1.54, 1.807) is 33.7 Å². The van der Waals surface area contributed by atoms with Crippen molar-refractivity contribution in [3.63, 3.8) is 0 Å². The lowest BCUT2D eigenvalue weighted by Gasteiger charge is -1.99. The first kappa shape index (κ1) is 17.3. The van der Waals surface area contributed by atoms with E-state index in [9.17, 15) is 9.59 Å². The van der Waals surface area contributed by atoms with Crippen molar-refractivity contribution in [3.05, 3.63) is 60.9 Å². The monoisotopic (exact) mass is 348 g/mol. The molecule has 26 heavy (non-hydrogen) atoms. The zero-order valence-corrected chi connectivity index (χ0v) is 14.6. The number of carbonyl (C=O) groups is 2. The Bertz CT molecular complexity index is 1030. The summed E-state index contributed by atoms with van der Waals surface area (Å²) in [5.74, 6) is 0.00111. The van der Waals surface area contributed by atoms with Gasteiger partial charge >= 0.3 is 0 Å². The number of rotatable bonds is 0. The second-order valence-corrected chi connectivity index (χ2v) is 6.05. The third kappa shape index (κ3) is 3.30. The molecule has 0 saturated heterocycles. The Hall–Kier alpha value is -3.54. The number of nitrogens with zero attached hydrogens (tertiary/aromatic N) is 2. The van der Waals surface area contributed by atoms with Crippen LogP contribution >= 0.6 is 0 Å². The van der Waals surface area contributed by atoms with Crippen LogP contribution in [0.15, 0.2) is 60.9 Å². The predicted octanol–water partition coefficient (Wildman–Crippen LogP) is 3.77. The minimum Gasteiger partial charge on any atom is -0.399 e. The SMILES string of the molecule is CC(=O)n1ccc2ccc(N)cc21.CC(=O)n1ccc2ccc(N)cc21. The number of hydrogen-bond acceptors (Lipinski definition) is 4. The number of anilines is 2. The van der Waals surface area contributed by atoms with Gasteiger partial charge < -0.3 is 11.5 Å². The fraction of sp³-hybridized carbons (Fsp3) is 0.100. The molecule has 132 valence electrons. The van der Waals surface area contributed by atoms with Crippen LogP contribution in [0.4, 0.5) is 11.4 Å². The van der Waals surface area contributed by atoms with Crippen LogP contribution in [-0.2, 0) is 0 Å². The van der Waals surface area contributed by atoms with Crippen molar-refractivity contribution in [3.8, 4) is 0 Å². The molecule has 6 nitrogen and oxygen atoms in total. The van der Waals surface area contributed by atoms with Gasteiger partial charge in [-0.2, -0.15) is 0 Å². The summed E-state index contributed by atoms with van der Waals surface area (Å²) in [6.07, 6.45) is 3.51. The third-order valence-electron chi connectivity index (χ3n) is 4.11. The summed E-state index contributed by atoms with van der Waals surface area (Å²) in [7, 11) is 0.